The van der Waals surface area contributed by atoms with Crippen LogP contribution in [0.5, 0.6) is 23.0 Å². The van der Waals surface area contributed by atoms with E-state index in [0.29, 0.717) is 18.0 Å². The first-order chi connectivity index (χ1) is 17.0. The van der Waals surface area contributed by atoms with Crippen LogP contribution >= 0.6 is 0 Å². The van der Waals surface area contributed by atoms with Crippen LogP contribution in [0.15, 0.2) is 24.3 Å². The summed E-state index contributed by atoms with van der Waals surface area (Å²) >= 11 is 0. The first-order valence-corrected chi connectivity index (χ1v) is 11.8. The Bertz CT molecular complexity index is 1120. The van der Waals surface area contributed by atoms with Crippen molar-refractivity contribution in [2.75, 3.05) is 27.1 Å². The SMILES string of the molecule is COc1ccc2c(c1O[C@@H]1O[C@H](CO)[C@@H](O)[C@H](O)[C@H]1O)CN1CCc3cc4c(cc3[C@@H]1C2)OCO4. The molecule has 10 nitrogen and oxygen atoms in total. The van der Waals surface area contributed by atoms with Gasteiger partial charge >= 0.3 is 0 Å². The van der Waals surface area contributed by atoms with E-state index in [9.17, 15) is 20.4 Å². The third-order valence-corrected chi connectivity index (χ3v) is 7.50. The molecule has 0 saturated carbocycles. The monoisotopic (exact) mass is 487 g/mol. The topological polar surface area (TPSA) is 130 Å². The zero-order chi connectivity index (χ0) is 24.3. The van der Waals surface area contributed by atoms with Gasteiger partial charge in [-0.3, -0.25) is 4.90 Å². The minimum atomic E-state index is -1.52. The fourth-order valence-electron chi connectivity index (χ4n) is 5.57. The summed E-state index contributed by atoms with van der Waals surface area (Å²) in [4.78, 5) is 2.38. The van der Waals surface area contributed by atoms with Crippen LogP contribution < -0.4 is 18.9 Å². The van der Waals surface area contributed by atoms with E-state index in [1.165, 1.54) is 18.2 Å². The predicted octanol–water partition coefficient (Wildman–Crippen LogP) is 0.258. The Hall–Kier alpha value is -2.60. The molecule has 0 radical (unpaired) electrons. The average molecular weight is 488 g/mol. The third-order valence-electron chi connectivity index (χ3n) is 7.50. The molecule has 1 saturated heterocycles. The largest absolute Gasteiger partial charge is 0.493 e. The molecular weight excluding hydrogens is 458 g/mol. The van der Waals surface area contributed by atoms with Gasteiger partial charge < -0.3 is 44.1 Å². The number of aliphatic hydroxyl groups excluding tert-OH is 4. The molecule has 10 heteroatoms. The predicted molar refractivity (Wildman–Crippen MR) is 121 cm³/mol. The van der Waals surface area contributed by atoms with Crippen molar-refractivity contribution in [3.63, 3.8) is 0 Å². The zero-order valence-corrected chi connectivity index (χ0v) is 19.3. The molecule has 0 amide bonds. The standard InChI is InChI=1S/C25H29NO9/c1-31-17-3-2-12-6-16-14-8-19-18(32-11-33-19)7-13(14)4-5-26(16)9-15(12)24(17)35-25-23(30)22(29)21(28)20(10-27)34-25/h2-3,7-8,16,20-23,25,27-30H,4-6,9-11H2,1H3/t16-,20+,21+,22-,23+,25-/m0/s1. The first-order valence-electron chi connectivity index (χ1n) is 11.8. The molecule has 2 aromatic rings. The summed E-state index contributed by atoms with van der Waals surface area (Å²) in [5, 5.41) is 40.3. The van der Waals surface area contributed by atoms with Crippen molar-refractivity contribution in [3.05, 3.63) is 46.5 Å². The number of rotatable bonds is 4. The van der Waals surface area contributed by atoms with E-state index >= 15 is 0 Å². The van der Waals surface area contributed by atoms with E-state index in [0.717, 1.165) is 42.0 Å². The van der Waals surface area contributed by atoms with Crippen molar-refractivity contribution in [2.45, 2.75) is 56.1 Å². The van der Waals surface area contributed by atoms with Gasteiger partial charge in [0.15, 0.2) is 23.0 Å². The lowest BCUT2D eigenvalue weighted by Crippen LogP contribution is -2.60. The second-order valence-electron chi connectivity index (χ2n) is 9.39. The maximum absolute atomic E-state index is 10.5. The van der Waals surface area contributed by atoms with Gasteiger partial charge in [-0.05, 0) is 47.7 Å². The van der Waals surface area contributed by atoms with Gasteiger partial charge in [-0.25, -0.2) is 0 Å². The summed E-state index contributed by atoms with van der Waals surface area (Å²) in [6.45, 7) is 1.17. The number of benzene rings is 2. The number of nitrogens with zero attached hydrogens (tertiary/aromatic N) is 1. The summed E-state index contributed by atoms with van der Waals surface area (Å²) < 4.78 is 28.4. The van der Waals surface area contributed by atoms with E-state index in [4.69, 9.17) is 23.7 Å². The van der Waals surface area contributed by atoms with Crippen LogP contribution in [0.4, 0.5) is 0 Å². The van der Waals surface area contributed by atoms with Crippen LogP contribution in [0.3, 0.4) is 0 Å². The highest BCUT2D eigenvalue weighted by atomic mass is 16.7. The summed E-state index contributed by atoms with van der Waals surface area (Å²) in [6, 6.07) is 8.19. The van der Waals surface area contributed by atoms with Crippen LogP contribution in [0.1, 0.15) is 28.3 Å². The zero-order valence-electron chi connectivity index (χ0n) is 19.3. The molecule has 4 aliphatic rings. The smallest absolute Gasteiger partial charge is 0.231 e. The highest BCUT2D eigenvalue weighted by Crippen LogP contribution is 2.47. The normalized spacial score (nSPS) is 31.3. The van der Waals surface area contributed by atoms with Gasteiger partial charge in [0.05, 0.1) is 13.7 Å². The minimum absolute atomic E-state index is 0.175. The maximum atomic E-state index is 10.5. The van der Waals surface area contributed by atoms with Gasteiger partial charge in [0.25, 0.3) is 0 Å². The molecule has 0 unspecified atom stereocenters. The molecule has 4 aliphatic heterocycles. The molecule has 4 heterocycles. The van der Waals surface area contributed by atoms with Gasteiger partial charge in [-0.2, -0.15) is 0 Å². The Balaban J connectivity index is 1.33. The van der Waals surface area contributed by atoms with Gasteiger partial charge in [-0.15, -0.1) is 0 Å². The molecule has 35 heavy (non-hydrogen) atoms. The lowest BCUT2D eigenvalue weighted by molar-refractivity contribution is -0.277. The summed E-state index contributed by atoms with van der Waals surface area (Å²) in [7, 11) is 1.54. The van der Waals surface area contributed by atoms with E-state index in [2.05, 4.69) is 17.0 Å². The van der Waals surface area contributed by atoms with E-state index in [1.807, 2.05) is 12.1 Å². The molecule has 188 valence electrons. The Kier molecular flexibility index (Phi) is 5.75. The molecule has 0 aromatic heterocycles. The molecular formula is C25H29NO9. The molecule has 4 N–H and O–H groups in total. The summed E-state index contributed by atoms with van der Waals surface area (Å²) in [5.41, 5.74) is 4.50. The lowest BCUT2D eigenvalue weighted by atomic mass is 9.83. The van der Waals surface area contributed by atoms with Gasteiger partial charge in [-0.1, -0.05) is 6.07 Å². The molecule has 2 aromatic carbocycles. The molecule has 0 aliphatic carbocycles. The van der Waals surface area contributed by atoms with Crippen LogP contribution in [-0.4, -0.2) is 83.1 Å². The number of aliphatic hydroxyl groups is 4. The van der Waals surface area contributed by atoms with E-state index < -0.39 is 37.3 Å². The maximum Gasteiger partial charge on any atom is 0.231 e. The average Bonchev–Trinajstić information content (AvgIpc) is 3.34. The Morgan fingerprint density at radius 2 is 1.83 bits per heavy atom. The Labute approximate surface area is 202 Å². The second kappa shape index (κ2) is 8.81. The van der Waals surface area contributed by atoms with Gasteiger partial charge in [0, 0.05) is 24.7 Å². The molecule has 0 spiro atoms. The Morgan fingerprint density at radius 3 is 2.60 bits per heavy atom. The van der Waals surface area contributed by atoms with Crippen molar-refractivity contribution < 1.29 is 44.1 Å². The van der Waals surface area contributed by atoms with Crippen LogP contribution in [0.25, 0.3) is 0 Å². The lowest BCUT2D eigenvalue weighted by Gasteiger charge is -2.43. The van der Waals surface area contributed by atoms with Crippen LogP contribution in [0.2, 0.25) is 0 Å². The highest BCUT2D eigenvalue weighted by Gasteiger charge is 2.45. The van der Waals surface area contributed by atoms with Crippen molar-refractivity contribution in [3.8, 4) is 23.0 Å². The number of fused-ring (bicyclic) bond motifs is 5. The van der Waals surface area contributed by atoms with Gasteiger partial charge in [0.1, 0.15) is 24.4 Å². The number of methoxy groups -OCH3 is 1. The molecule has 6 atom stereocenters. The van der Waals surface area contributed by atoms with Crippen molar-refractivity contribution in [2.24, 2.45) is 0 Å². The highest BCUT2D eigenvalue weighted by molar-refractivity contribution is 5.55. The Morgan fingerprint density at radius 1 is 1.03 bits per heavy atom. The van der Waals surface area contributed by atoms with E-state index in [-0.39, 0.29) is 12.8 Å². The second-order valence-corrected chi connectivity index (χ2v) is 9.39. The first kappa shape index (κ1) is 22.8. The van der Waals surface area contributed by atoms with Crippen molar-refractivity contribution in [1.29, 1.82) is 0 Å². The fourth-order valence-corrected chi connectivity index (χ4v) is 5.57. The quantitative estimate of drug-likeness (QED) is 0.476. The molecule has 1 fully saturated rings. The number of hydrogen-bond acceptors (Lipinski definition) is 10. The number of ether oxygens (including phenoxy) is 5. The fraction of sp³-hybridized carbons (Fsp3) is 0.520. The summed E-state index contributed by atoms with van der Waals surface area (Å²) in [6.07, 6.45) is -5.19. The van der Waals surface area contributed by atoms with E-state index in [1.54, 1.807) is 0 Å². The van der Waals surface area contributed by atoms with Crippen molar-refractivity contribution in [1.82, 2.24) is 4.90 Å². The van der Waals surface area contributed by atoms with Crippen LogP contribution in [-0.2, 0) is 24.1 Å². The minimum Gasteiger partial charge on any atom is -0.493 e. The third kappa shape index (κ3) is 3.72. The van der Waals surface area contributed by atoms with Crippen molar-refractivity contribution >= 4 is 0 Å². The molecule has 0 bridgehead atoms. The molecule has 6 rings (SSSR count). The van der Waals surface area contributed by atoms with Gasteiger partial charge in [0.2, 0.25) is 13.1 Å². The van der Waals surface area contributed by atoms with Crippen LogP contribution in [0, 0.1) is 0 Å². The number of hydrogen-bond donors (Lipinski definition) is 4. The summed E-state index contributed by atoms with van der Waals surface area (Å²) in [5.74, 6) is 2.47.